The van der Waals surface area contributed by atoms with Crippen molar-refractivity contribution in [1.29, 1.82) is 0 Å². The molecule has 0 radical (unpaired) electrons. The van der Waals surface area contributed by atoms with Gasteiger partial charge in [-0.2, -0.15) is 0 Å². The highest BCUT2D eigenvalue weighted by molar-refractivity contribution is 5.83. The average Bonchev–Trinajstić information content (AvgIpc) is 2.62. The molecule has 2 heterocycles. The van der Waals surface area contributed by atoms with Crippen LogP contribution in [0.5, 0.6) is 0 Å². The Morgan fingerprint density at radius 2 is 2.20 bits per heavy atom. The second-order valence-electron chi connectivity index (χ2n) is 4.62. The molecule has 1 aliphatic rings. The molecule has 0 amide bonds. The largest absolute Gasteiger partial charge is 0.375 e. The van der Waals surface area contributed by atoms with Crippen LogP contribution in [0.1, 0.15) is 11.1 Å². The zero-order valence-electron chi connectivity index (χ0n) is 10.6. The van der Waals surface area contributed by atoms with Gasteiger partial charge in [0.05, 0.1) is 29.2 Å². The van der Waals surface area contributed by atoms with Crippen LogP contribution in [0.15, 0.2) is 15.7 Å². The van der Waals surface area contributed by atoms with Crippen LogP contribution in [0.3, 0.4) is 0 Å². The third kappa shape index (κ3) is 1.65. The minimum atomic E-state index is -0.788. The van der Waals surface area contributed by atoms with E-state index >= 15 is 0 Å². The van der Waals surface area contributed by atoms with Gasteiger partial charge in [-0.1, -0.05) is 0 Å². The van der Waals surface area contributed by atoms with Gasteiger partial charge >= 0.3 is 11.1 Å². The fraction of sp³-hybridized carbons (Fsp3) is 0.333. The Morgan fingerprint density at radius 1 is 1.45 bits per heavy atom. The lowest BCUT2D eigenvalue weighted by molar-refractivity contribution is -0.385. The van der Waals surface area contributed by atoms with E-state index in [0.717, 1.165) is 0 Å². The average molecular weight is 277 g/mol. The summed E-state index contributed by atoms with van der Waals surface area (Å²) in [4.78, 5) is 36.5. The number of hydrogen-bond acceptors (Lipinski definition) is 5. The molecule has 0 saturated heterocycles. The second-order valence-corrected chi connectivity index (χ2v) is 4.62. The monoisotopic (exact) mass is 277 g/mol. The van der Waals surface area contributed by atoms with E-state index in [-0.39, 0.29) is 31.0 Å². The Kier molecular flexibility index (Phi) is 2.68. The fourth-order valence-corrected chi connectivity index (χ4v) is 2.52. The lowest BCUT2D eigenvalue weighted by Crippen LogP contribution is -2.37. The van der Waals surface area contributed by atoms with Gasteiger partial charge in [0.1, 0.15) is 0 Å². The van der Waals surface area contributed by atoms with E-state index in [0.29, 0.717) is 16.6 Å². The molecule has 1 aliphatic heterocycles. The lowest BCUT2D eigenvalue weighted by atomic mass is 10.0. The van der Waals surface area contributed by atoms with Crippen molar-refractivity contribution in [2.45, 2.75) is 20.1 Å². The van der Waals surface area contributed by atoms with Gasteiger partial charge in [-0.25, -0.2) is 0 Å². The number of nitro groups is 1. The lowest BCUT2D eigenvalue weighted by Gasteiger charge is -2.11. The van der Waals surface area contributed by atoms with Gasteiger partial charge < -0.3 is 9.72 Å². The first-order valence-electron chi connectivity index (χ1n) is 6.02. The van der Waals surface area contributed by atoms with Crippen LogP contribution in [0.25, 0.3) is 11.0 Å². The van der Waals surface area contributed by atoms with Gasteiger partial charge in [0.15, 0.2) is 0 Å². The third-order valence-electron chi connectivity index (χ3n) is 3.52. The maximum atomic E-state index is 11.9. The minimum absolute atomic E-state index is 0.0983. The van der Waals surface area contributed by atoms with Crippen LogP contribution in [0.2, 0.25) is 0 Å². The molecule has 0 atom stereocenters. The third-order valence-corrected chi connectivity index (χ3v) is 3.52. The molecule has 1 aromatic carbocycles. The first kappa shape index (κ1) is 12.5. The Labute approximate surface area is 111 Å². The quantitative estimate of drug-likeness (QED) is 0.462. The summed E-state index contributed by atoms with van der Waals surface area (Å²) in [5.74, 6) is 0. The van der Waals surface area contributed by atoms with Crippen molar-refractivity contribution in [3.8, 4) is 0 Å². The number of hydrogen-bond donors (Lipinski definition) is 1. The summed E-state index contributed by atoms with van der Waals surface area (Å²) in [5.41, 5.74) is 0.257. The zero-order chi connectivity index (χ0) is 14.4. The van der Waals surface area contributed by atoms with Gasteiger partial charge in [-0.3, -0.25) is 24.3 Å². The molecule has 0 aliphatic carbocycles. The molecule has 20 heavy (non-hydrogen) atoms. The van der Waals surface area contributed by atoms with Crippen LogP contribution < -0.4 is 11.1 Å². The molecule has 8 heteroatoms. The van der Waals surface area contributed by atoms with Crippen molar-refractivity contribution in [2.75, 3.05) is 6.61 Å². The van der Waals surface area contributed by atoms with E-state index < -0.39 is 16.0 Å². The van der Waals surface area contributed by atoms with E-state index in [1.54, 1.807) is 6.92 Å². The summed E-state index contributed by atoms with van der Waals surface area (Å²) in [6, 6.07) is 1.29. The van der Waals surface area contributed by atoms with E-state index in [4.69, 9.17) is 4.74 Å². The normalized spacial score (nSPS) is 14.2. The molecule has 0 fully saturated rings. The number of rotatable bonds is 1. The molecule has 8 nitrogen and oxygen atoms in total. The van der Waals surface area contributed by atoms with Gasteiger partial charge in [-0.15, -0.1) is 0 Å². The molecule has 0 saturated carbocycles. The summed E-state index contributed by atoms with van der Waals surface area (Å²) in [6.07, 6.45) is 0. The maximum Gasteiger partial charge on any atom is 0.316 e. The molecule has 1 N–H and O–H groups in total. The van der Waals surface area contributed by atoms with Crippen molar-refractivity contribution in [3.63, 3.8) is 0 Å². The number of nitrogens with one attached hydrogen (secondary N) is 1. The van der Waals surface area contributed by atoms with Crippen LogP contribution in [-0.4, -0.2) is 21.1 Å². The van der Waals surface area contributed by atoms with Gasteiger partial charge in [-0.05, 0) is 6.92 Å². The Hall–Kier alpha value is -2.48. The van der Waals surface area contributed by atoms with Crippen LogP contribution >= 0.6 is 0 Å². The van der Waals surface area contributed by atoms with Gasteiger partial charge in [0.25, 0.3) is 5.69 Å². The molecule has 0 unspecified atom stereocenters. The molecular formula is C12H11N3O5. The highest BCUT2D eigenvalue weighted by atomic mass is 16.6. The van der Waals surface area contributed by atoms with Crippen molar-refractivity contribution in [1.82, 2.24) is 9.55 Å². The summed E-state index contributed by atoms with van der Waals surface area (Å²) < 4.78 is 6.71. The van der Waals surface area contributed by atoms with Crippen LogP contribution in [0, 0.1) is 17.0 Å². The maximum absolute atomic E-state index is 11.9. The Morgan fingerprint density at radius 3 is 2.90 bits per heavy atom. The topological polar surface area (TPSA) is 107 Å². The SMILES string of the molecule is Cc1c([N+](=O)[O-])cc2[nH]c(=O)c(=O)n3c2c1COCC3. The predicted molar refractivity (Wildman–Crippen MR) is 69.9 cm³/mol. The number of H-pyrrole nitrogens is 1. The molecule has 0 spiro atoms. The van der Waals surface area contributed by atoms with Crippen molar-refractivity contribution >= 4 is 16.7 Å². The van der Waals surface area contributed by atoms with Gasteiger partial charge in [0, 0.05) is 23.7 Å². The first-order valence-corrected chi connectivity index (χ1v) is 6.02. The van der Waals surface area contributed by atoms with E-state index in [9.17, 15) is 19.7 Å². The molecule has 2 aromatic rings. The predicted octanol–water partition coefficient (Wildman–Crippen LogP) is 0.437. The van der Waals surface area contributed by atoms with Crippen molar-refractivity contribution in [2.24, 2.45) is 0 Å². The Bertz CT molecular complexity index is 849. The second kappa shape index (κ2) is 4.27. The smallest absolute Gasteiger partial charge is 0.316 e. The molecule has 104 valence electrons. The highest BCUT2D eigenvalue weighted by Crippen LogP contribution is 2.30. The Balaban J connectivity index is 2.56. The summed E-state index contributed by atoms with van der Waals surface area (Å²) in [5, 5.41) is 11.1. The van der Waals surface area contributed by atoms with E-state index in [1.807, 2.05) is 0 Å². The summed E-state index contributed by atoms with van der Waals surface area (Å²) in [7, 11) is 0. The number of ether oxygens (including phenoxy) is 1. The number of aromatic nitrogens is 2. The molecule has 0 bridgehead atoms. The van der Waals surface area contributed by atoms with E-state index in [1.165, 1.54) is 10.6 Å². The molecular weight excluding hydrogens is 266 g/mol. The standard InChI is InChI=1S/C12H11N3O5/c1-6-7-5-20-3-2-14-10(7)8(4-9(6)15(18)19)13-11(16)12(14)17/h4H,2-3,5H2,1H3,(H,13,16). The minimum Gasteiger partial charge on any atom is -0.375 e. The van der Waals surface area contributed by atoms with Gasteiger partial charge in [0.2, 0.25) is 0 Å². The number of benzene rings is 1. The van der Waals surface area contributed by atoms with E-state index in [2.05, 4.69) is 4.98 Å². The fourth-order valence-electron chi connectivity index (χ4n) is 2.52. The number of aromatic amines is 1. The van der Waals surface area contributed by atoms with Crippen LogP contribution in [0.4, 0.5) is 5.69 Å². The van der Waals surface area contributed by atoms with Crippen molar-refractivity contribution in [3.05, 3.63) is 48.0 Å². The number of nitrogens with zero attached hydrogens (tertiary/aromatic N) is 2. The summed E-state index contributed by atoms with van der Waals surface area (Å²) >= 11 is 0. The molecule has 1 aromatic heterocycles. The molecule has 3 rings (SSSR count). The summed E-state index contributed by atoms with van der Waals surface area (Å²) in [6.45, 7) is 2.32. The zero-order valence-corrected chi connectivity index (χ0v) is 10.6. The highest BCUT2D eigenvalue weighted by Gasteiger charge is 2.23. The van der Waals surface area contributed by atoms with Crippen molar-refractivity contribution < 1.29 is 9.66 Å². The number of nitro benzene ring substituents is 1. The van der Waals surface area contributed by atoms with Crippen LogP contribution in [-0.2, 0) is 17.9 Å². The first-order chi connectivity index (χ1) is 9.50.